The Morgan fingerprint density at radius 3 is 2.23 bits per heavy atom. The predicted octanol–water partition coefficient (Wildman–Crippen LogP) is 5.12. The molecule has 0 spiro atoms. The van der Waals surface area contributed by atoms with Crippen molar-refractivity contribution < 1.29 is 45.6 Å². The van der Waals surface area contributed by atoms with Crippen molar-refractivity contribution in [2.45, 2.75) is 94.8 Å². The minimum atomic E-state index is -4.37. The number of benzene rings is 2. The molecule has 326 valence electrons. The summed E-state index contributed by atoms with van der Waals surface area (Å²) in [5.74, 6) is -6.40. The van der Waals surface area contributed by atoms with Crippen LogP contribution in [0.25, 0.3) is 22.2 Å². The Morgan fingerprint density at radius 2 is 1.62 bits per heavy atom. The van der Waals surface area contributed by atoms with E-state index in [1.54, 1.807) is 45.0 Å². The van der Waals surface area contributed by atoms with Crippen molar-refractivity contribution >= 4 is 50.5 Å². The average molecular weight is 865 g/mol. The fourth-order valence-electron chi connectivity index (χ4n) is 8.56. The van der Waals surface area contributed by atoms with Gasteiger partial charge in [0, 0.05) is 49.0 Å². The van der Waals surface area contributed by atoms with E-state index in [2.05, 4.69) is 21.9 Å². The first-order valence-corrected chi connectivity index (χ1v) is 22.2. The summed E-state index contributed by atoms with van der Waals surface area (Å²) in [4.78, 5) is 78.2. The molecule has 5 atom stereocenters. The molecule has 61 heavy (non-hydrogen) atoms. The molecule has 3 heterocycles. The number of carbonyl (C=O) groups excluding carboxylic acids is 5. The second-order valence-electron chi connectivity index (χ2n) is 17.9. The summed E-state index contributed by atoms with van der Waals surface area (Å²) in [5.41, 5.74) is -0.303. The van der Waals surface area contributed by atoms with Gasteiger partial charge in [0.15, 0.2) is 0 Å². The van der Waals surface area contributed by atoms with Gasteiger partial charge in [-0.1, -0.05) is 75.4 Å². The van der Waals surface area contributed by atoms with Gasteiger partial charge >= 0.3 is 6.18 Å². The maximum absolute atomic E-state index is 14.8. The summed E-state index contributed by atoms with van der Waals surface area (Å²) < 4.78 is 67.9. The number of nitrogens with zero attached hydrogens (tertiary/aromatic N) is 3. The maximum atomic E-state index is 14.8. The lowest BCUT2D eigenvalue weighted by atomic mass is 9.77. The summed E-state index contributed by atoms with van der Waals surface area (Å²) in [5, 5.41) is 5.63. The lowest BCUT2D eigenvalue weighted by Crippen LogP contribution is -2.57. The fraction of sp³-hybridized carbons (Fsp3) is 0.500. The van der Waals surface area contributed by atoms with Crippen LogP contribution in [0.3, 0.4) is 0 Å². The number of sulfonamides is 1. The standard InChI is InChI=1S/C44H51F3N6O7S/c1-5-27-24-43(27,41(58)51-61(59,60)30-15-16-30)50-39(56)36-21-29(48-38(55)32-22-35(26-11-7-6-8-12-26)49-34-14-10-9-13-31(32)34)25-53(36)40(57)33(42(2,3)4)23-37(54)52-19-17-28(18-20-52)44(45,46)47/h5-14,22,27-30,33,36H,1,15-21,23-25H2,2-4H3,(H,48,55)(H,50,56)(H,51,58)/t27?,29-,33-,36+,43-/m1/s1. The molecule has 7 rings (SSSR count). The van der Waals surface area contributed by atoms with E-state index in [4.69, 9.17) is 4.98 Å². The van der Waals surface area contributed by atoms with Crippen LogP contribution in [-0.4, -0.2) is 101 Å². The van der Waals surface area contributed by atoms with Gasteiger partial charge in [-0.2, -0.15) is 13.2 Å². The van der Waals surface area contributed by atoms with E-state index in [-0.39, 0.29) is 51.7 Å². The highest BCUT2D eigenvalue weighted by Crippen LogP contribution is 2.46. The molecule has 0 radical (unpaired) electrons. The quantitative estimate of drug-likeness (QED) is 0.210. The topological polar surface area (TPSA) is 175 Å². The number of nitrogens with one attached hydrogen (secondary N) is 3. The minimum Gasteiger partial charge on any atom is -0.347 e. The maximum Gasteiger partial charge on any atom is 0.391 e. The normalized spacial score (nSPS) is 23.9. The number of alkyl halides is 3. The van der Waals surface area contributed by atoms with E-state index in [1.165, 1.54) is 15.9 Å². The van der Waals surface area contributed by atoms with Crippen LogP contribution in [0.2, 0.25) is 0 Å². The van der Waals surface area contributed by atoms with E-state index < -0.39 is 91.8 Å². The molecule has 4 aliphatic rings. The lowest BCUT2D eigenvalue weighted by molar-refractivity contribution is -0.186. The van der Waals surface area contributed by atoms with Crippen LogP contribution in [0.15, 0.2) is 73.3 Å². The molecule has 17 heteroatoms. The molecule has 2 aromatic carbocycles. The molecule has 1 aromatic heterocycles. The van der Waals surface area contributed by atoms with Gasteiger partial charge in [0.25, 0.3) is 11.8 Å². The van der Waals surface area contributed by atoms with Gasteiger partial charge in [-0.25, -0.2) is 13.4 Å². The number of pyridine rings is 1. The second kappa shape index (κ2) is 16.5. The third-order valence-electron chi connectivity index (χ3n) is 12.5. The van der Waals surface area contributed by atoms with Crippen molar-refractivity contribution in [1.82, 2.24) is 30.1 Å². The van der Waals surface area contributed by atoms with E-state index in [0.29, 0.717) is 35.0 Å². The Labute approximate surface area is 352 Å². The van der Waals surface area contributed by atoms with Crippen LogP contribution in [-0.2, 0) is 29.2 Å². The number of likely N-dealkylation sites (tertiary alicyclic amines) is 2. The number of piperidine rings is 1. The molecule has 4 fully saturated rings. The number of hydrogen-bond donors (Lipinski definition) is 3. The molecule has 3 N–H and O–H groups in total. The largest absolute Gasteiger partial charge is 0.391 e. The number of carbonyl (C=O) groups is 5. The van der Waals surface area contributed by atoms with Gasteiger partial charge in [0.2, 0.25) is 27.7 Å². The molecule has 2 saturated heterocycles. The van der Waals surface area contributed by atoms with Gasteiger partial charge in [-0.3, -0.25) is 28.7 Å². The zero-order chi connectivity index (χ0) is 44.1. The zero-order valence-electron chi connectivity index (χ0n) is 34.3. The number of aromatic nitrogens is 1. The molecule has 5 amide bonds. The van der Waals surface area contributed by atoms with Crippen LogP contribution in [0.4, 0.5) is 13.2 Å². The first-order chi connectivity index (χ1) is 28.7. The molecule has 2 saturated carbocycles. The Kier molecular flexibility index (Phi) is 11.8. The van der Waals surface area contributed by atoms with Crippen molar-refractivity contribution in [2.75, 3.05) is 19.6 Å². The lowest BCUT2D eigenvalue weighted by Gasteiger charge is -2.37. The molecule has 2 aliphatic heterocycles. The van der Waals surface area contributed by atoms with Crippen LogP contribution in [0.5, 0.6) is 0 Å². The smallest absolute Gasteiger partial charge is 0.347 e. The number of amides is 5. The van der Waals surface area contributed by atoms with Crippen molar-refractivity contribution in [3.63, 3.8) is 0 Å². The molecule has 13 nitrogen and oxygen atoms in total. The predicted molar refractivity (Wildman–Crippen MR) is 221 cm³/mol. The SMILES string of the molecule is C=CC1C[C@]1(NC(=O)[C@@H]1C[C@@H](NC(=O)c2cc(-c3ccccc3)nc3ccccc23)CN1C(=O)[C@@H](CC(=O)N1CCC(C(F)(F)F)CC1)C(C)(C)C)C(=O)NS(=O)(=O)C1CC1. The van der Waals surface area contributed by atoms with Crippen molar-refractivity contribution in [2.24, 2.45) is 23.2 Å². The van der Waals surface area contributed by atoms with E-state index in [1.807, 2.05) is 36.4 Å². The molecular formula is C44H51F3N6O7S. The van der Waals surface area contributed by atoms with Crippen LogP contribution >= 0.6 is 0 Å². The monoisotopic (exact) mass is 864 g/mol. The number of para-hydroxylation sites is 1. The Bertz CT molecular complexity index is 2340. The third kappa shape index (κ3) is 9.31. The van der Waals surface area contributed by atoms with Gasteiger partial charge < -0.3 is 20.4 Å². The highest BCUT2D eigenvalue weighted by molar-refractivity contribution is 7.91. The van der Waals surface area contributed by atoms with Gasteiger partial charge in [0.05, 0.1) is 33.9 Å². The number of fused-ring (bicyclic) bond motifs is 1. The van der Waals surface area contributed by atoms with Gasteiger partial charge in [-0.15, -0.1) is 6.58 Å². The van der Waals surface area contributed by atoms with Crippen molar-refractivity contribution in [1.29, 1.82) is 0 Å². The summed E-state index contributed by atoms with van der Waals surface area (Å²) in [7, 11) is -3.98. The number of rotatable bonds is 12. The van der Waals surface area contributed by atoms with Crippen molar-refractivity contribution in [3.8, 4) is 11.3 Å². The average Bonchev–Trinajstić information content (AvgIpc) is 4.15. The van der Waals surface area contributed by atoms with E-state index in [9.17, 15) is 45.6 Å². The van der Waals surface area contributed by atoms with E-state index >= 15 is 0 Å². The first-order valence-electron chi connectivity index (χ1n) is 20.6. The summed E-state index contributed by atoms with van der Waals surface area (Å²) >= 11 is 0. The minimum absolute atomic E-state index is 0.0676. The summed E-state index contributed by atoms with van der Waals surface area (Å²) in [6, 6.07) is 16.1. The molecule has 2 aliphatic carbocycles. The summed E-state index contributed by atoms with van der Waals surface area (Å²) in [6.07, 6.45) is -2.97. The highest BCUT2D eigenvalue weighted by Gasteiger charge is 2.62. The van der Waals surface area contributed by atoms with Crippen molar-refractivity contribution in [3.05, 3.63) is 78.9 Å². The third-order valence-corrected chi connectivity index (χ3v) is 14.4. The van der Waals surface area contributed by atoms with E-state index in [0.717, 1.165) is 5.56 Å². The number of hydrogen-bond acceptors (Lipinski definition) is 8. The second-order valence-corrected chi connectivity index (χ2v) is 19.8. The first kappa shape index (κ1) is 43.8. The number of halogens is 3. The molecule has 0 bridgehead atoms. The Morgan fingerprint density at radius 1 is 0.967 bits per heavy atom. The Balaban J connectivity index is 1.16. The molecule has 1 unspecified atom stereocenters. The highest BCUT2D eigenvalue weighted by atomic mass is 32.2. The molecule has 3 aromatic rings. The summed E-state index contributed by atoms with van der Waals surface area (Å²) in [6.45, 7) is 8.62. The van der Waals surface area contributed by atoms with Crippen LogP contribution in [0.1, 0.15) is 76.1 Å². The van der Waals surface area contributed by atoms with Crippen LogP contribution in [0, 0.1) is 23.2 Å². The van der Waals surface area contributed by atoms with Gasteiger partial charge in [-0.05, 0) is 56.1 Å². The fourth-order valence-corrected chi connectivity index (χ4v) is 9.92. The Hall–Kier alpha value is -5.32. The van der Waals surface area contributed by atoms with Gasteiger partial charge in [0.1, 0.15) is 11.6 Å². The molecular weight excluding hydrogens is 814 g/mol. The van der Waals surface area contributed by atoms with Crippen LogP contribution < -0.4 is 15.4 Å². The zero-order valence-corrected chi connectivity index (χ0v) is 35.2.